The standard InChI is InChI=1S/C22H18Cl2N4O/c1-14-11-21(27-28(14)13-16-9-10-17(23)12-19(16)24)26-22(29)25-20-8-4-6-15-5-2-3-7-18(15)20/h2-12H,13H2,1H3,(H2,25,26,27,29). The number of hydrogen-bond donors (Lipinski definition) is 2. The summed E-state index contributed by atoms with van der Waals surface area (Å²) < 4.78 is 1.78. The molecular formula is C22H18Cl2N4O. The molecule has 3 aromatic carbocycles. The predicted molar refractivity (Wildman–Crippen MR) is 119 cm³/mol. The van der Waals surface area contributed by atoms with Crippen LogP contribution in [0.3, 0.4) is 0 Å². The number of anilines is 2. The number of nitrogens with zero attached hydrogens (tertiary/aromatic N) is 2. The van der Waals surface area contributed by atoms with E-state index in [1.165, 1.54) is 0 Å². The van der Waals surface area contributed by atoms with E-state index < -0.39 is 0 Å². The van der Waals surface area contributed by atoms with E-state index in [2.05, 4.69) is 15.7 Å². The van der Waals surface area contributed by atoms with E-state index in [0.29, 0.717) is 22.4 Å². The van der Waals surface area contributed by atoms with Gasteiger partial charge < -0.3 is 5.32 Å². The highest BCUT2D eigenvalue weighted by atomic mass is 35.5. The van der Waals surface area contributed by atoms with Gasteiger partial charge in [0.05, 0.1) is 12.2 Å². The number of urea groups is 1. The summed E-state index contributed by atoms with van der Waals surface area (Å²) in [5, 5.41) is 13.3. The molecule has 0 saturated heterocycles. The number of halogens is 2. The third kappa shape index (κ3) is 4.36. The number of aryl methyl sites for hydroxylation is 1. The molecule has 0 radical (unpaired) electrons. The smallest absolute Gasteiger partial charge is 0.307 e. The van der Waals surface area contributed by atoms with Crippen LogP contribution >= 0.6 is 23.2 Å². The maximum atomic E-state index is 12.5. The fourth-order valence-electron chi connectivity index (χ4n) is 3.15. The van der Waals surface area contributed by atoms with Crippen molar-refractivity contribution in [3.63, 3.8) is 0 Å². The van der Waals surface area contributed by atoms with E-state index in [4.69, 9.17) is 23.2 Å². The average molecular weight is 425 g/mol. The van der Waals surface area contributed by atoms with Crippen molar-refractivity contribution in [2.45, 2.75) is 13.5 Å². The van der Waals surface area contributed by atoms with Crippen LogP contribution in [-0.4, -0.2) is 15.8 Å². The van der Waals surface area contributed by atoms with Crippen molar-refractivity contribution < 1.29 is 4.79 Å². The highest BCUT2D eigenvalue weighted by Gasteiger charge is 2.11. The van der Waals surface area contributed by atoms with Crippen molar-refractivity contribution in [2.24, 2.45) is 0 Å². The lowest BCUT2D eigenvalue weighted by molar-refractivity contribution is 0.262. The van der Waals surface area contributed by atoms with E-state index in [0.717, 1.165) is 27.7 Å². The van der Waals surface area contributed by atoms with Crippen LogP contribution < -0.4 is 10.6 Å². The highest BCUT2D eigenvalue weighted by molar-refractivity contribution is 6.35. The third-order valence-electron chi connectivity index (χ3n) is 4.60. The molecule has 0 unspecified atom stereocenters. The zero-order chi connectivity index (χ0) is 20.4. The van der Waals surface area contributed by atoms with Gasteiger partial charge in [0.15, 0.2) is 5.82 Å². The molecule has 29 heavy (non-hydrogen) atoms. The monoisotopic (exact) mass is 424 g/mol. The SMILES string of the molecule is Cc1cc(NC(=O)Nc2cccc3ccccc23)nn1Cc1ccc(Cl)cc1Cl. The molecular weight excluding hydrogens is 407 g/mol. The number of carbonyl (C=O) groups is 1. The third-order valence-corrected chi connectivity index (χ3v) is 5.18. The molecule has 1 heterocycles. The van der Waals surface area contributed by atoms with Crippen LogP contribution in [0.2, 0.25) is 10.0 Å². The van der Waals surface area contributed by atoms with Crippen LogP contribution in [0.4, 0.5) is 16.3 Å². The van der Waals surface area contributed by atoms with Gasteiger partial charge in [-0.3, -0.25) is 10.00 Å². The minimum absolute atomic E-state index is 0.351. The molecule has 2 N–H and O–H groups in total. The Morgan fingerprint density at radius 2 is 1.79 bits per heavy atom. The maximum Gasteiger partial charge on any atom is 0.324 e. The normalized spacial score (nSPS) is 10.9. The Morgan fingerprint density at radius 3 is 2.62 bits per heavy atom. The summed E-state index contributed by atoms with van der Waals surface area (Å²) in [6.07, 6.45) is 0. The van der Waals surface area contributed by atoms with Crippen molar-refractivity contribution in [2.75, 3.05) is 10.6 Å². The Morgan fingerprint density at radius 1 is 1.00 bits per heavy atom. The minimum atomic E-state index is -0.351. The van der Waals surface area contributed by atoms with Crippen LogP contribution in [0.15, 0.2) is 66.7 Å². The number of benzene rings is 3. The summed E-state index contributed by atoms with van der Waals surface area (Å²) in [4.78, 5) is 12.5. The van der Waals surface area contributed by atoms with Gasteiger partial charge in [-0.05, 0) is 36.1 Å². The van der Waals surface area contributed by atoms with E-state index in [1.807, 2.05) is 61.5 Å². The van der Waals surface area contributed by atoms with Crippen LogP contribution in [0.1, 0.15) is 11.3 Å². The number of rotatable bonds is 4. The van der Waals surface area contributed by atoms with Crippen LogP contribution in [0.25, 0.3) is 10.8 Å². The van der Waals surface area contributed by atoms with Gasteiger partial charge in [-0.1, -0.05) is 65.7 Å². The Bertz CT molecular complexity index is 1200. The largest absolute Gasteiger partial charge is 0.324 e. The Hall–Kier alpha value is -3.02. The molecule has 4 rings (SSSR count). The van der Waals surface area contributed by atoms with Gasteiger partial charge >= 0.3 is 6.03 Å². The van der Waals surface area contributed by atoms with Crippen LogP contribution in [0, 0.1) is 6.92 Å². The average Bonchev–Trinajstić information content (AvgIpc) is 3.03. The number of carbonyl (C=O) groups excluding carboxylic acids is 1. The molecule has 5 nitrogen and oxygen atoms in total. The first-order valence-corrected chi connectivity index (χ1v) is 9.79. The van der Waals surface area contributed by atoms with Gasteiger partial charge in [-0.2, -0.15) is 5.10 Å². The molecule has 7 heteroatoms. The summed E-state index contributed by atoms with van der Waals surface area (Å²) in [6.45, 7) is 2.40. The number of fused-ring (bicyclic) bond motifs is 1. The molecule has 0 atom stereocenters. The molecule has 0 fully saturated rings. The Labute approximate surface area is 178 Å². The number of aromatic nitrogens is 2. The lowest BCUT2D eigenvalue weighted by Gasteiger charge is -2.09. The fourth-order valence-corrected chi connectivity index (χ4v) is 3.62. The number of amides is 2. The first-order valence-electron chi connectivity index (χ1n) is 9.04. The van der Waals surface area contributed by atoms with Crippen molar-refractivity contribution in [1.82, 2.24) is 9.78 Å². The molecule has 4 aromatic rings. The Kier molecular flexibility index (Phi) is 5.43. The first kappa shape index (κ1) is 19.3. The van der Waals surface area contributed by atoms with Gasteiger partial charge in [0.2, 0.25) is 0 Å². The van der Waals surface area contributed by atoms with Crippen LogP contribution in [0.5, 0.6) is 0 Å². The van der Waals surface area contributed by atoms with Crippen molar-refractivity contribution in [3.8, 4) is 0 Å². The Balaban J connectivity index is 1.48. The zero-order valence-corrected chi connectivity index (χ0v) is 17.1. The lowest BCUT2D eigenvalue weighted by Crippen LogP contribution is -2.20. The van der Waals surface area contributed by atoms with Crippen molar-refractivity contribution in [1.29, 1.82) is 0 Å². The lowest BCUT2D eigenvalue weighted by atomic mass is 10.1. The summed E-state index contributed by atoms with van der Waals surface area (Å²) in [5.41, 5.74) is 2.54. The second-order valence-corrected chi connectivity index (χ2v) is 7.51. The van der Waals surface area contributed by atoms with E-state index in [-0.39, 0.29) is 6.03 Å². The second-order valence-electron chi connectivity index (χ2n) is 6.67. The van der Waals surface area contributed by atoms with Gasteiger partial charge in [0.1, 0.15) is 0 Å². The van der Waals surface area contributed by atoms with E-state index in [1.54, 1.807) is 16.8 Å². The minimum Gasteiger partial charge on any atom is -0.307 e. The number of hydrogen-bond acceptors (Lipinski definition) is 2. The molecule has 146 valence electrons. The van der Waals surface area contributed by atoms with Gasteiger partial charge in [0, 0.05) is 27.2 Å². The number of nitrogens with one attached hydrogen (secondary N) is 2. The topological polar surface area (TPSA) is 59.0 Å². The van der Waals surface area contributed by atoms with Gasteiger partial charge in [-0.25, -0.2) is 4.79 Å². The van der Waals surface area contributed by atoms with Gasteiger partial charge in [-0.15, -0.1) is 0 Å². The molecule has 0 aliphatic carbocycles. The van der Waals surface area contributed by atoms with Gasteiger partial charge in [0.25, 0.3) is 0 Å². The van der Waals surface area contributed by atoms with E-state index >= 15 is 0 Å². The maximum absolute atomic E-state index is 12.5. The molecule has 0 aliphatic rings. The molecule has 1 aromatic heterocycles. The summed E-state index contributed by atoms with van der Waals surface area (Å²) in [5.74, 6) is 0.463. The molecule has 0 bridgehead atoms. The summed E-state index contributed by atoms with van der Waals surface area (Å²) >= 11 is 12.2. The fraction of sp³-hybridized carbons (Fsp3) is 0.0909. The predicted octanol–water partition coefficient (Wildman–Crippen LogP) is 6.34. The second kappa shape index (κ2) is 8.15. The summed E-state index contributed by atoms with van der Waals surface area (Å²) in [7, 11) is 0. The van der Waals surface area contributed by atoms with Crippen molar-refractivity contribution in [3.05, 3.63) is 88.0 Å². The molecule has 0 spiro atoms. The van der Waals surface area contributed by atoms with E-state index in [9.17, 15) is 4.79 Å². The quantitative estimate of drug-likeness (QED) is 0.401. The van der Waals surface area contributed by atoms with Crippen molar-refractivity contribution >= 4 is 51.5 Å². The first-order chi connectivity index (χ1) is 14.0. The molecule has 2 amide bonds. The summed E-state index contributed by atoms with van der Waals surface area (Å²) in [6, 6.07) is 20.5. The van der Waals surface area contributed by atoms with Crippen LogP contribution in [-0.2, 0) is 6.54 Å². The molecule has 0 aliphatic heterocycles. The molecule has 0 saturated carbocycles. The highest BCUT2D eigenvalue weighted by Crippen LogP contribution is 2.24. The zero-order valence-electron chi connectivity index (χ0n) is 15.6.